The van der Waals surface area contributed by atoms with E-state index in [4.69, 9.17) is 13.7 Å². The molecule has 0 bridgehead atoms. The molecule has 1 fully saturated rings. The lowest BCUT2D eigenvalue weighted by Crippen LogP contribution is -2.23. The molecular formula is C21H24N2O3. The van der Waals surface area contributed by atoms with Crippen LogP contribution in [0.15, 0.2) is 57.7 Å². The topological polar surface area (TPSA) is 51.6 Å². The zero-order valence-electron chi connectivity index (χ0n) is 15.2. The van der Waals surface area contributed by atoms with Crippen molar-refractivity contribution in [2.75, 3.05) is 20.2 Å². The number of benzene rings is 1. The van der Waals surface area contributed by atoms with Gasteiger partial charge in [0.15, 0.2) is 0 Å². The molecule has 2 aromatic heterocycles. The average Bonchev–Trinajstić information content (AvgIpc) is 3.37. The van der Waals surface area contributed by atoms with Gasteiger partial charge in [0.1, 0.15) is 11.5 Å². The molecule has 3 aromatic rings. The third kappa shape index (κ3) is 3.74. The Labute approximate surface area is 153 Å². The number of aryl methyl sites for hydroxylation is 1. The number of ether oxygens (including phenoxy) is 1. The molecule has 5 nitrogen and oxygen atoms in total. The summed E-state index contributed by atoms with van der Waals surface area (Å²) in [6.45, 7) is 4.77. The number of likely N-dealkylation sites (tertiary alicyclic amines) is 1. The maximum Gasteiger partial charge on any atom is 0.137 e. The summed E-state index contributed by atoms with van der Waals surface area (Å²) in [5.41, 5.74) is 3.33. The molecule has 2 atom stereocenters. The molecule has 0 saturated carbocycles. The van der Waals surface area contributed by atoms with Crippen LogP contribution in [0.2, 0.25) is 0 Å². The number of aromatic nitrogens is 1. The zero-order chi connectivity index (χ0) is 17.9. The van der Waals surface area contributed by atoms with Gasteiger partial charge in [-0.2, -0.15) is 0 Å². The Hall–Kier alpha value is -2.37. The highest BCUT2D eigenvalue weighted by molar-refractivity contribution is 5.58. The van der Waals surface area contributed by atoms with Crippen LogP contribution < -0.4 is 0 Å². The molecule has 0 amide bonds. The fourth-order valence-electron chi connectivity index (χ4n) is 3.81. The van der Waals surface area contributed by atoms with Crippen molar-refractivity contribution in [3.63, 3.8) is 0 Å². The van der Waals surface area contributed by atoms with Crippen molar-refractivity contribution < 1.29 is 13.7 Å². The van der Waals surface area contributed by atoms with Crippen LogP contribution in [-0.4, -0.2) is 36.4 Å². The first-order chi connectivity index (χ1) is 12.7. The van der Waals surface area contributed by atoms with Gasteiger partial charge in [-0.3, -0.25) is 4.90 Å². The van der Waals surface area contributed by atoms with Crippen molar-refractivity contribution in [2.24, 2.45) is 5.92 Å². The third-order valence-corrected chi connectivity index (χ3v) is 5.04. The van der Waals surface area contributed by atoms with Crippen LogP contribution >= 0.6 is 0 Å². The summed E-state index contributed by atoms with van der Waals surface area (Å²) >= 11 is 0. The average molecular weight is 352 g/mol. The molecule has 0 N–H and O–H groups in total. The van der Waals surface area contributed by atoms with Crippen molar-refractivity contribution in [2.45, 2.75) is 26.0 Å². The van der Waals surface area contributed by atoms with Gasteiger partial charge in [0.2, 0.25) is 0 Å². The molecule has 1 saturated heterocycles. The molecule has 4 rings (SSSR count). The fraction of sp³-hybridized carbons (Fsp3) is 0.381. The summed E-state index contributed by atoms with van der Waals surface area (Å²) < 4.78 is 16.6. The second-order valence-electron chi connectivity index (χ2n) is 7.04. The Morgan fingerprint density at radius 3 is 2.85 bits per heavy atom. The maximum atomic E-state index is 5.73. The maximum absolute atomic E-state index is 5.73. The van der Waals surface area contributed by atoms with E-state index in [2.05, 4.69) is 34.3 Å². The van der Waals surface area contributed by atoms with Gasteiger partial charge in [-0.1, -0.05) is 23.4 Å². The molecule has 1 aliphatic heterocycles. The van der Waals surface area contributed by atoms with E-state index >= 15 is 0 Å². The highest BCUT2D eigenvalue weighted by atomic mass is 16.5. The smallest absolute Gasteiger partial charge is 0.137 e. The number of hydrogen-bond donors (Lipinski definition) is 0. The van der Waals surface area contributed by atoms with Gasteiger partial charge in [0.05, 0.1) is 18.1 Å². The van der Waals surface area contributed by atoms with Crippen LogP contribution in [0.5, 0.6) is 0 Å². The van der Waals surface area contributed by atoms with Crippen LogP contribution in [0.25, 0.3) is 11.3 Å². The van der Waals surface area contributed by atoms with Gasteiger partial charge in [-0.15, -0.1) is 0 Å². The predicted octanol–water partition coefficient (Wildman–Crippen LogP) is 3.93. The van der Waals surface area contributed by atoms with E-state index < -0.39 is 0 Å². The first-order valence-corrected chi connectivity index (χ1v) is 9.01. The van der Waals surface area contributed by atoms with Gasteiger partial charge in [-0.25, -0.2) is 0 Å². The van der Waals surface area contributed by atoms with Gasteiger partial charge >= 0.3 is 0 Å². The largest absolute Gasteiger partial charge is 0.464 e. The lowest BCUT2D eigenvalue weighted by molar-refractivity contribution is 0.0761. The van der Waals surface area contributed by atoms with Crippen molar-refractivity contribution >= 4 is 0 Å². The van der Waals surface area contributed by atoms with Crippen molar-refractivity contribution in [1.29, 1.82) is 0 Å². The number of rotatable bonds is 6. The minimum atomic E-state index is 0.216. The second kappa shape index (κ2) is 7.48. The first-order valence-electron chi connectivity index (χ1n) is 9.01. The van der Waals surface area contributed by atoms with E-state index in [0.29, 0.717) is 5.92 Å². The van der Waals surface area contributed by atoms with E-state index in [9.17, 15) is 0 Å². The molecule has 0 aliphatic carbocycles. The van der Waals surface area contributed by atoms with E-state index in [0.717, 1.165) is 48.8 Å². The normalized spacial score (nSPS) is 20.7. The molecule has 5 heteroatoms. The first kappa shape index (κ1) is 17.1. The Morgan fingerprint density at radius 1 is 1.19 bits per heavy atom. The SMILES string of the molecule is CO[C@H]1CN(Cc2cccc(-c3ccco3)c2)C[C@H]1Cc1cc(C)no1. The molecule has 0 radical (unpaired) electrons. The molecule has 0 spiro atoms. The minimum Gasteiger partial charge on any atom is -0.464 e. The summed E-state index contributed by atoms with van der Waals surface area (Å²) in [5, 5.41) is 3.99. The standard InChI is InChI=1S/C21H24N2O3/c1-15-9-19(26-22-15)11-18-13-23(14-21(18)24-2)12-16-5-3-6-17(10-16)20-7-4-8-25-20/h3-10,18,21H,11-14H2,1-2H3/t18-,21+/m1/s1. The third-order valence-electron chi connectivity index (χ3n) is 5.04. The summed E-state index contributed by atoms with van der Waals surface area (Å²) in [6.07, 6.45) is 2.79. The van der Waals surface area contributed by atoms with E-state index in [1.54, 1.807) is 13.4 Å². The Kier molecular flexibility index (Phi) is 4.91. The second-order valence-corrected chi connectivity index (χ2v) is 7.04. The van der Waals surface area contributed by atoms with Crippen LogP contribution in [0.3, 0.4) is 0 Å². The molecule has 26 heavy (non-hydrogen) atoms. The quantitative estimate of drug-likeness (QED) is 0.673. The van der Waals surface area contributed by atoms with Crippen LogP contribution in [0.4, 0.5) is 0 Å². The Bertz CT molecular complexity index is 841. The molecule has 1 aromatic carbocycles. The van der Waals surface area contributed by atoms with E-state index in [1.165, 1.54) is 5.56 Å². The lowest BCUT2D eigenvalue weighted by atomic mass is 10.0. The van der Waals surface area contributed by atoms with Gasteiger partial charge < -0.3 is 13.7 Å². The Balaban J connectivity index is 1.43. The summed E-state index contributed by atoms with van der Waals surface area (Å²) in [7, 11) is 1.80. The molecule has 1 aliphatic rings. The van der Waals surface area contributed by atoms with Crippen LogP contribution in [-0.2, 0) is 17.7 Å². The molecule has 0 unspecified atom stereocenters. The molecule has 3 heterocycles. The number of methoxy groups -OCH3 is 1. The number of furan rings is 1. The molecule has 136 valence electrons. The minimum absolute atomic E-state index is 0.216. The number of hydrogen-bond acceptors (Lipinski definition) is 5. The summed E-state index contributed by atoms with van der Waals surface area (Å²) in [6, 6.07) is 14.5. The summed E-state index contributed by atoms with van der Waals surface area (Å²) in [4.78, 5) is 2.45. The molecular weight excluding hydrogens is 328 g/mol. The lowest BCUT2D eigenvalue weighted by Gasteiger charge is -2.16. The monoisotopic (exact) mass is 352 g/mol. The highest BCUT2D eigenvalue weighted by Gasteiger charge is 2.33. The van der Waals surface area contributed by atoms with E-state index in [-0.39, 0.29) is 6.10 Å². The van der Waals surface area contributed by atoms with Crippen molar-refractivity contribution in [1.82, 2.24) is 10.1 Å². The highest BCUT2D eigenvalue weighted by Crippen LogP contribution is 2.27. The van der Waals surface area contributed by atoms with Crippen molar-refractivity contribution in [3.05, 3.63) is 65.7 Å². The fourth-order valence-corrected chi connectivity index (χ4v) is 3.81. The zero-order valence-corrected chi connectivity index (χ0v) is 15.2. The van der Waals surface area contributed by atoms with E-state index in [1.807, 2.05) is 25.1 Å². The van der Waals surface area contributed by atoms with Crippen LogP contribution in [0.1, 0.15) is 17.0 Å². The predicted molar refractivity (Wildman–Crippen MR) is 98.7 cm³/mol. The van der Waals surface area contributed by atoms with Crippen LogP contribution in [0, 0.1) is 12.8 Å². The van der Waals surface area contributed by atoms with Gasteiger partial charge in [0.25, 0.3) is 0 Å². The van der Waals surface area contributed by atoms with Crippen molar-refractivity contribution in [3.8, 4) is 11.3 Å². The Morgan fingerprint density at radius 2 is 2.12 bits per heavy atom. The number of nitrogens with zero attached hydrogens (tertiary/aromatic N) is 2. The summed E-state index contributed by atoms with van der Waals surface area (Å²) in [5.74, 6) is 2.26. The van der Waals surface area contributed by atoms with Gasteiger partial charge in [0, 0.05) is 50.7 Å². The van der Waals surface area contributed by atoms with Gasteiger partial charge in [-0.05, 0) is 30.7 Å².